The average molecular weight is 398 g/mol. The molecular weight excluding hydrogens is 370 g/mol. The second kappa shape index (κ2) is 9.17. The van der Waals surface area contributed by atoms with Crippen LogP contribution in [0.5, 0.6) is 0 Å². The van der Waals surface area contributed by atoms with Crippen LogP contribution in [-0.2, 0) is 9.59 Å². The topological polar surface area (TPSA) is 52.7 Å². The Labute approximate surface area is 170 Å². The molecule has 3 rings (SSSR count). The van der Waals surface area contributed by atoms with E-state index in [2.05, 4.69) is 16.3 Å². The SMILES string of the molecule is Cc1ccsc1/C=C/C(=O)N1CCN(CC(=O)Nc2c(C)cccc2C)CC1. The molecule has 148 valence electrons. The second-order valence-corrected chi connectivity index (χ2v) is 8.17. The number of anilines is 1. The van der Waals surface area contributed by atoms with Gasteiger partial charge in [0.25, 0.3) is 0 Å². The Balaban J connectivity index is 1.47. The average Bonchev–Trinajstić information content (AvgIpc) is 3.08. The molecule has 1 N–H and O–H groups in total. The first kappa shape index (κ1) is 20.3. The lowest BCUT2D eigenvalue weighted by molar-refractivity contribution is -0.127. The van der Waals surface area contributed by atoms with Crippen LogP contribution in [0.3, 0.4) is 0 Å². The van der Waals surface area contributed by atoms with Crippen molar-refractivity contribution in [2.45, 2.75) is 20.8 Å². The minimum absolute atomic E-state index is 0.00903. The van der Waals surface area contributed by atoms with Crippen molar-refractivity contribution in [2.24, 2.45) is 0 Å². The predicted molar refractivity (Wildman–Crippen MR) is 116 cm³/mol. The number of nitrogens with zero attached hydrogens (tertiary/aromatic N) is 2. The van der Waals surface area contributed by atoms with Crippen molar-refractivity contribution >= 4 is 34.9 Å². The summed E-state index contributed by atoms with van der Waals surface area (Å²) in [6.07, 6.45) is 3.55. The summed E-state index contributed by atoms with van der Waals surface area (Å²) in [5, 5.41) is 5.06. The molecule has 1 aliphatic heterocycles. The van der Waals surface area contributed by atoms with Crippen LogP contribution in [-0.4, -0.2) is 54.3 Å². The molecule has 2 amide bonds. The summed E-state index contributed by atoms with van der Waals surface area (Å²) in [7, 11) is 0. The van der Waals surface area contributed by atoms with Crippen LogP contribution in [0, 0.1) is 20.8 Å². The van der Waals surface area contributed by atoms with Crippen LogP contribution in [0.2, 0.25) is 0 Å². The molecule has 1 fully saturated rings. The van der Waals surface area contributed by atoms with E-state index < -0.39 is 0 Å². The van der Waals surface area contributed by atoms with Crippen molar-refractivity contribution in [3.05, 3.63) is 57.3 Å². The van der Waals surface area contributed by atoms with Gasteiger partial charge in [0, 0.05) is 42.8 Å². The van der Waals surface area contributed by atoms with Crippen molar-refractivity contribution in [3.63, 3.8) is 0 Å². The zero-order valence-electron chi connectivity index (χ0n) is 16.7. The van der Waals surface area contributed by atoms with Gasteiger partial charge in [0.2, 0.25) is 11.8 Å². The van der Waals surface area contributed by atoms with Crippen molar-refractivity contribution in [3.8, 4) is 0 Å². The number of para-hydroxylation sites is 1. The number of thiophene rings is 1. The van der Waals surface area contributed by atoms with Crippen LogP contribution in [0.25, 0.3) is 6.08 Å². The van der Waals surface area contributed by atoms with Crippen LogP contribution >= 0.6 is 11.3 Å². The maximum Gasteiger partial charge on any atom is 0.246 e. The summed E-state index contributed by atoms with van der Waals surface area (Å²) in [5.74, 6) is 0.0256. The van der Waals surface area contributed by atoms with E-state index in [1.54, 1.807) is 17.4 Å². The van der Waals surface area contributed by atoms with Crippen molar-refractivity contribution in [2.75, 3.05) is 38.0 Å². The molecule has 6 heteroatoms. The van der Waals surface area contributed by atoms with E-state index in [1.165, 1.54) is 5.56 Å². The summed E-state index contributed by atoms with van der Waals surface area (Å²) >= 11 is 1.64. The van der Waals surface area contributed by atoms with Gasteiger partial charge in [0.1, 0.15) is 0 Å². The fourth-order valence-corrected chi connectivity index (χ4v) is 4.15. The number of rotatable bonds is 5. The summed E-state index contributed by atoms with van der Waals surface area (Å²) in [6, 6.07) is 8.04. The maximum atomic E-state index is 12.4. The molecule has 0 radical (unpaired) electrons. The molecule has 0 spiro atoms. The third kappa shape index (κ3) is 5.09. The first-order valence-electron chi connectivity index (χ1n) is 9.53. The van der Waals surface area contributed by atoms with Gasteiger partial charge in [-0.2, -0.15) is 0 Å². The molecule has 0 bridgehead atoms. The van der Waals surface area contributed by atoms with E-state index in [0.29, 0.717) is 32.7 Å². The first-order valence-corrected chi connectivity index (χ1v) is 10.4. The molecule has 0 saturated carbocycles. The van der Waals surface area contributed by atoms with Gasteiger partial charge in [-0.05, 0) is 55.0 Å². The zero-order chi connectivity index (χ0) is 20.1. The van der Waals surface area contributed by atoms with E-state index in [1.807, 2.05) is 55.3 Å². The minimum atomic E-state index is -0.00903. The fourth-order valence-electron chi connectivity index (χ4n) is 3.33. The van der Waals surface area contributed by atoms with Crippen molar-refractivity contribution in [1.82, 2.24) is 9.80 Å². The molecule has 1 aromatic heterocycles. The van der Waals surface area contributed by atoms with E-state index >= 15 is 0 Å². The Kier molecular flexibility index (Phi) is 6.65. The predicted octanol–water partition coefficient (Wildman–Crippen LogP) is 3.47. The lowest BCUT2D eigenvalue weighted by atomic mass is 10.1. The van der Waals surface area contributed by atoms with Gasteiger partial charge in [-0.1, -0.05) is 18.2 Å². The maximum absolute atomic E-state index is 12.4. The Morgan fingerprint density at radius 2 is 1.71 bits per heavy atom. The molecule has 1 aliphatic rings. The highest BCUT2D eigenvalue weighted by Gasteiger charge is 2.21. The van der Waals surface area contributed by atoms with Crippen LogP contribution in [0.15, 0.2) is 35.7 Å². The van der Waals surface area contributed by atoms with Gasteiger partial charge in [0.05, 0.1) is 6.54 Å². The molecule has 2 heterocycles. The summed E-state index contributed by atoms with van der Waals surface area (Å²) < 4.78 is 0. The van der Waals surface area contributed by atoms with Gasteiger partial charge < -0.3 is 10.2 Å². The molecule has 1 saturated heterocycles. The van der Waals surface area contributed by atoms with E-state index in [0.717, 1.165) is 21.7 Å². The molecule has 28 heavy (non-hydrogen) atoms. The number of amides is 2. The number of carbonyl (C=O) groups excluding carboxylic acids is 2. The Hall–Kier alpha value is -2.44. The quantitative estimate of drug-likeness (QED) is 0.786. The molecular formula is C22H27N3O2S. The smallest absolute Gasteiger partial charge is 0.246 e. The Bertz CT molecular complexity index is 859. The van der Waals surface area contributed by atoms with Gasteiger partial charge in [-0.3, -0.25) is 14.5 Å². The van der Waals surface area contributed by atoms with E-state index in [9.17, 15) is 9.59 Å². The lowest BCUT2D eigenvalue weighted by Crippen LogP contribution is -2.50. The van der Waals surface area contributed by atoms with Gasteiger partial charge in [-0.15, -0.1) is 11.3 Å². The monoisotopic (exact) mass is 397 g/mol. The highest BCUT2D eigenvalue weighted by Crippen LogP contribution is 2.19. The normalized spacial score (nSPS) is 15.2. The Morgan fingerprint density at radius 3 is 2.32 bits per heavy atom. The number of hydrogen-bond donors (Lipinski definition) is 1. The minimum Gasteiger partial charge on any atom is -0.337 e. The molecule has 0 atom stereocenters. The van der Waals surface area contributed by atoms with Crippen LogP contribution in [0.1, 0.15) is 21.6 Å². The third-order valence-electron chi connectivity index (χ3n) is 5.08. The lowest BCUT2D eigenvalue weighted by Gasteiger charge is -2.33. The largest absolute Gasteiger partial charge is 0.337 e. The second-order valence-electron chi connectivity index (χ2n) is 7.22. The molecule has 2 aromatic rings. The highest BCUT2D eigenvalue weighted by atomic mass is 32.1. The fraction of sp³-hybridized carbons (Fsp3) is 0.364. The van der Waals surface area contributed by atoms with E-state index in [-0.39, 0.29) is 11.8 Å². The van der Waals surface area contributed by atoms with Crippen LogP contribution < -0.4 is 5.32 Å². The molecule has 0 unspecified atom stereocenters. The van der Waals surface area contributed by atoms with E-state index in [4.69, 9.17) is 0 Å². The highest BCUT2D eigenvalue weighted by molar-refractivity contribution is 7.11. The Morgan fingerprint density at radius 1 is 1.04 bits per heavy atom. The van der Waals surface area contributed by atoms with Crippen molar-refractivity contribution in [1.29, 1.82) is 0 Å². The summed E-state index contributed by atoms with van der Waals surface area (Å²) in [5.41, 5.74) is 4.22. The standard InChI is InChI=1S/C22H27N3O2S/c1-16-9-14-28-19(16)7-8-21(27)25-12-10-24(11-13-25)15-20(26)23-22-17(2)5-4-6-18(22)3/h4-9,14H,10-13,15H2,1-3H3,(H,23,26)/b8-7+. The first-order chi connectivity index (χ1) is 13.4. The summed E-state index contributed by atoms with van der Waals surface area (Å²) in [4.78, 5) is 29.9. The van der Waals surface area contributed by atoms with Crippen molar-refractivity contribution < 1.29 is 9.59 Å². The third-order valence-corrected chi connectivity index (χ3v) is 6.06. The van der Waals surface area contributed by atoms with Crippen LogP contribution in [0.4, 0.5) is 5.69 Å². The molecule has 1 aromatic carbocycles. The number of benzene rings is 1. The number of hydrogen-bond acceptors (Lipinski definition) is 4. The number of aryl methyl sites for hydroxylation is 3. The number of piperazine rings is 1. The zero-order valence-corrected chi connectivity index (χ0v) is 17.5. The van der Waals surface area contributed by atoms with Gasteiger partial charge in [0.15, 0.2) is 0 Å². The number of nitrogens with one attached hydrogen (secondary N) is 1. The van der Waals surface area contributed by atoms with Gasteiger partial charge >= 0.3 is 0 Å². The summed E-state index contributed by atoms with van der Waals surface area (Å²) in [6.45, 7) is 9.08. The molecule has 5 nitrogen and oxygen atoms in total. The molecule has 0 aliphatic carbocycles. The van der Waals surface area contributed by atoms with Gasteiger partial charge in [-0.25, -0.2) is 0 Å². The number of carbonyl (C=O) groups is 2.